The summed E-state index contributed by atoms with van der Waals surface area (Å²) in [6.45, 7) is 6.46. The SMILES string of the molecule is CC.[CH2-][NH+]1CCCCC1CN(C)C. The highest BCUT2D eigenvalue weighted by Crippen LogP contribution is 2.02. The van der Waals surface area contributed by atoms with Gasteiger partial charge in [-0.3, -0.25) is 0 Å². The average molecular weight is 186 g/mol. The number of quaternary nitrogens is 1. The summed E-state index contributed by atoms with van der Waals surface area (Å²) in [5.74, 6) is 0. The third-order valence-corrected chi connectivity index (χ3v) is 2.46. The summed E-state index contributed by atoms with van der Waals surface area (Å²) < 4.78 is 0. The van der Waals surface area contributed by atoms with Gasteiger partial charge in [-0.2, -0.15) is 7.05 Å². The average Bonchev–Trinajstić information content (AvgIpc) is 2.12. The standard InChI is InChI=1S/C9H20N2.C2H6/c1-10(2)8-9-6-4-5-7-11(9)3;1-2/h9,11H,3-8H2,1-2H3;1-2H3. The van der Waals surface area contributed by atoms with E-state index in [1.54, 1.807) is 0 Å². The molecule has 1 fully saturated rings. The molecule has 2 nitrogen and oxygen atoms in total. The third kappa shape index (κ3) is 5.27. The van der Waals surface area contributed by atoms with E-state index < -0.39 is 0 Å². The van der Waals surface area contributed by atoms with Crippen LogP contribution >= 0.6 is 0 Å². The zero-order chi connectivity index (χ0) is 10.3. The fourth-order valence-corrected chi connectivity index (χ4v) is 1.81. The molecular weight excluding hydrogens is 160 g/mol. The minimum absolute atomic E-state index is 0.777. The predicted octanol–water partition coefficient (Wildman–Crippen LogP) is 0.803. The van der Waals surface area contributed by atoms with E-state index in [1.807, 2.05) is 13.8 Å². The molecule has 1 saturated heterocycles. The maximum atomic E-state index is 4.12. The van der Waals surface area contributed by atoms with Crippen molar-refractivity contribution in [3.8, 4) is 0 Å². The molecule has 0 radical (unpaired) electrons. The normalized spacial score (nSPS) is 28.2. The lowest BCUT2D eigenvalue weighted by Gasteiger charge is -2.36. The van der Waals surface area contributed by atoms with Crippen molar-refractivity contribution < 1.29 is 4.90 Å². The summed E-state index contributed by atoms with van der Waals surface area (Å²) in [5.41, 5.74) is 0. The van der Waals surface area contributed by atoms with Crippen molar-refractivity contribution >= 4 is 0 Å². The van der Waals surface area contributed by atoms with Gasteiger partial charge >= 0.3 is 0 Å². The second kappa shape index (κ2) is 7.34. The van der Waals surface area contributed by atoms with Gasteiger partial charge in [0.1, 0.15) is 0 Å². The second-order valence-corrected chi connectivity index (χ2v) is 3.86. The summed E-state index contributed by atoms with van der Waals surface area (Å²) in [7, 11) is 8.40. The Bertz CT molecular complexity index is 113. The molecule has 0 aliphatic carbocycles. The number of piperidine rings is 1. The van der Waals surface area contributed by atoms with E-state index in [4.69, 9.17) is 0 Å². The molecule has 1 rings (SSSR count). The highest BCUT2D eigenvalue weighted by molar-refractivity contribution is 4.63. The van der Waals surface area contributed by atoms with Gasteiger partial charge in [-0.15, -0.1) is 0 Å². The van der Waals surface area contributed by atoms with Crippen LogP contribution in [-0.2, 0) is 0 Å². The van der Waals surface area contributed by atoms with Crippen LogP contribution in [-0.4, -0.2) is 38.1 Å². The van der Waals surface area contributed by atoms with Crippen LogP contribution in [0.5, 0.6) is 0 Å². The second-order valence-electron chi connectivity index (χ2n) is 3.86. The Balaban J connectivity index is 0.000000671. The first kappa shape index (κ1) is 12.9. The fraction of sp³-hybridized carbons (Fsp3) is 0.909. The van der Waals surface area contributed by atoms with E-state index >= 15 is 0 Å². The summed E-state index contributed by atoms with van der Waals surface area (Å²) in [5, 5.41) is 0. The largest absolute Gasteiger partial charge is 0.464 e. The van der Waals surface area contributed by atoms with Crippen LogP contribution in [0.15, 0.2) is 0 Å². The maximum absolute atomic E-state index is 4.12. The van der Waals surface area contributed by atoms with Crippen molar-refractivity contribution in [2.75, 3.05) is 27.2 Å². The lowest BCUT2D eigenvalue weighted by Crippen LogP contribution is -3.12. The molecule has 0 amide bonds. The molecule has 1 aliphatic rings. The molecule has 13 heavy (non-hydrogen) atoms. The quantitative estimate of drug-likeness (QED) is 0.627. The number of hydrogen-bond donors (Lipinski definition) is 1. The van der Waals surface area contributed by atoms with Gasteiger partial charge in [-0.25, -0.2) is 0 Å². The van der Waals surface area contributed by atoms with E-state index in [0.717, 1.165) is 6.04 Å². The van der Waals surface area contributed by atoms with Crippen molar-refractivity contribution in [3.05, 3.63) is 7.05 Å². The van der Waals surface area contributed by atoms with Crippen LogP contribution in [0.1, 0.15) is 33.1 Å². The highest BCUT2D eigenvalue weighted by Gasteiger charge is 2.18. The van der Waals surface area contributed by atoms with E-state index in [-0.39, 0.29) is 0 Å². The lowest BCUT2D eigenvalue weighted by atomic mass is 10.0. The van der Waals surface area contributed by atoms with Gasteiger partial charge in [0.05, 0.1) is 12.6 Å². The molecule has 0 bridgehead atoms. The van der Waals surface area contributed by atoms with Crippen molar-refractivity contribution in [1.82, 2.24) is 4.90 Å². The Labute approximate surface area is 83.9 Å². The molecule has 2 atom stereocenters. The topological polar surface area (TPSA) is 7.68 Å². The third-order valence-electron chi connectivity index (χ3n) is 2.46. The molecule has 80 valence electrons. The molecule has 0 saturated carbocycles. The van der Waals surface area contributed by atoms with Crippen molar-refractivity contribution in [3.63, 3.8) is 0 Å². The van der Waals surface area contributed by atoms with E-state index in [9.17, 15) is 0 Å². The Morgan fingerprint density at radius 3 is 2.38 bits per heavy atom. The van der Waals surface area contributed by atoms with Gasteiger partial charge in [0, 0.05) is 6.54 Å². The van der Waals surface area contributed by atoms with Gasteiger partial charge in [-0.1, -0.05) is 13.8 Å². The van der Waals surface area contributed by atoms with Crippen LogP contribution in [0.25, 0.3) is 0 Å². The van der Waals surface area contributed by atoms with E-state index in [0.29, 0.717) is 0 Å². The molecule has 0 aromatic carbocycles. The molecule has 1 N–H and O–H groups in total. The molecule has 0 aromatic rings. The van der Waals surface area contributed by atoms with Gasteiger partial charge in [0.2, 0.25) is 0 Å². The Hall–Kier alpha value is -0.0800. The summed E-state index contributed by atoms with van der Waals surface area (Å²) in [4.78, 5) is 3.74. The number of nitrogens with zero attached hydrogens (tertiary/aromatic N) is 1. The number of nitrogens with one attached hydrogen (secondary N) is 1. The van der Waals surface area contributed by atoms with Crippen molar-refractivity contribution in [2.24, 2.45) is 0 Å². The smallest absolute Gasteiger partial charge is 0.0763 e. The highest BCUT2D eigenvalue weighted by atomic mass is 15.2. The number of hydrogen-bond acceptors (Lipinski definition) is 1. The first-order chi connectivity index (χ1) is 6.20. The summed E-state index contributed by atoms with van der Waals surface area (Å²) >= 11 is 0. The molecule has 2 unspecified atom stereocenters. The lowest BCUT2D eigenvalue weighted by molar-refractivity contribution is -0.886. The Kier molecular flexibility index (Phi) is 7.29. The minimum atomic E-state index is 0.777. The van der Waals surface area contributed by atoms with Gasteiger partial charge in [0.25, 0.3) is 0 Å². The van der Waals surface area contributed by atoms with Crippen LogP contribution in [0.4, 0.5) is 0 Å². The monoisotopic (exact) mass is 186 g/mol. The number of likely N-dealkylation sites (N-methyl/N-ethyl adjacent to an activating group) is 1. The Morgan fingerprint density at radius 1 is 1.31 bits per heavy atom. The zero-order valence-corrected chi connectivity index (χ0v) is 9.77. The van der Waals surface area contributed by atoms with Gasteiger partial charge in [0.15, 0.2) is 0 Å². The first-order valence-electron chi connectivity index (χ1n) is 5.52. The van der Waals surface area contributed by atoms with E-state index in [1.165, 1.54) is 37.3 Å². The van der Waals surface area contributed by atoms with Gasteiger partial charge in [-0.05, 0) is 33.4 Å². The molecule has 0 aromatic heterocycles. The molecule has 1 aliphatic heterocycles. The predicted molar refractivity (Wildman–Crippen MR) is 58.7 cm³/mol. The van der Waals surface area contributed by atoms with Crippen molar-refractivity contribution in [2.45, 2.75) is 39.2 Å². The summed E-state index contributed by atoms with van der Waals surface area (Å²) in [6, 6.07) is 0.777. The number of rotatable bonds is 2. The first-order valence-corrected chi connectivity index (χ1v) is 5.52. The molecular formula is C11H26N2. The van der Waals surface area contributed by atoms with Gasteiger partial charge < -0.3 is 9.80 Å². The van der Waals surface area contributed by atoms with Crippen LogP contribution in [0.3, 0.4) is 0 Å². The Morgan fingerprint density at radius 2 is 1.92 bits per heavy atom. The molecule has 2 heteroatoms. The van der Waals surface area contributed by atoms with Crippen LogP contribution in [0.2, 0.25) is 0 Å². The fourth-order valence-electron chi connectivity index (χ4n) is 1.81. The van der Waals surface area contributed by atoms with Crippen LogP contribution < -0.4 is 4.90 Å². The molecule has 1 heterocycles. The molecule has 0 spiro atoms. The minimum Gasteiger partial charge on any atom is -0.464 e. The maximum Gasteiger partial charge on any atom is 0.0763 e. The summed E-state index contributed by atoms with van der Waals surface area (Å²) in [6.07, 6.45) is 4.12. The van der Waals surface area contributed by atoms with Crippen molar-refractivity contribution in [1.29, 1.82) is 0 Å². The van der Waals surface area contributed by atoms with Crippen LogP contribution in [0, 0.1) is 7.05 Å². The zero-order valence-electron chi connectivity index (χ0n) is 9.77. The van der Waals surface area contributed by atoms with E-state index in [2.05, 4.69) is 26.0 Å². The number of likely N-dealkylation sites (tertiary alicyclic amines) is 1.